The van der Waals surface area contributed by atoms with Crippen LogP contribution in [0, 0.1) is 12.8 Å². The Morgan fingerprint density at radius 1 is 0.789 bits per heavy atom. The summed E-state index contributed by atoms with van der Waals surface area (Å²) < 4.78 is 5.18. The first-order valence-corrected chi connectivity index (χ1v) is 13.6. The van der Waals surface area contributed by atoms with Gasteiger partial charge in [0.15, 0.2) is 24.0 Å². The van der Waals surface area contributed by atoms with Gasteiger partial charge >= 0.3 is 0 Å². The molecule has 8 rings (SSSR count). The number of hydrogen-bond acceptors (Lipinski definition) is 0. The lowest BCUT2D eigenvalue weighted by atomic mass is 9.48. The molecule has 4 atom stereocenters. The van der Waals surface area contributed by atoms with Crippen molar-refractivity contribution in [2.45, 2.75) is 30.8 Å². The minimum Gasteiger partial charge on any atom is -0.194 e. The van der Waals surface area contributed by atoms with Crippen LogP contribution in [-0.4, -0.2) is 0 Å². The Labute approximate surface area is 224 Å². The summed E-state index contributed by atoms with van der Waals surface area (Å²) in [4.78, 5) is 0. The SMILES string of the molecule is C=CC1C2C(c3ccccc3-c3cccc[n+]32)C12Cc1ccccc1-c1cc(C)c(-c3ccccc3)c[n+]12. The van der Waals surface area contributed by atoms with Gasteiger partial charge in [-0.2, -0.15) is 9.13 Å². The van der Waals surface area contributed by atoms with Crippen LogP contribution in [0.25, 0.3) is 33.6 Å². The molecular formula is C36H30N2+2. The molecule has 38 heavy (non-hydrogen) atoms. The summed E-state index contributed by atoms with van der Waals surface area (Å²) in [6.07, 6.45) is 7.97. The molecule has 2 nitrogen and oxygen atoms in total. The Balaban J connectivity index is 1.45. The molecule has 0 amide bonds. The number of fused-ring (bicyclic) bond motifs is 11. The van der Waals surface area contributed by atoms with Gasteiger partial charge in [0.05, 0.1) is 5.56 Å². The van der Waals surface area contributed by atoms with Crippen LogP contribution in [0.3, 0.4) is 0 Å². The number of pyridine rings is 2. The highest BCUT2D eigenvalue weighted by molar-refractivity contribution is 5.71. The van der Waals surface area contributed by atoms with Crippen molar-refractivity contribution in [3.05, 3.63) is 145 Å². The average Bonchev–Trinajstić information content (AvgIpc) is 2.96. The van der Waals surface area contributed by atoms with E-state index < -0.39 is 0 Å². The number of nitrogens with zero attached hydrogens (tertiary/aromatic N) is 2. The minimum atomic E-state index is -0.135. The zero-order chi connectivity index (χ0) is 25.4. The molecule has 1 aliphatic carbocycles. The van der Waals surface area contributed by atoms with E-state index in [9.17, 15) is 0 Å². The van der Waals surface area contributed by atoms with Gasteiger partial charge in [-0.25, -0.2) is 0 Å². The van der Waals surface area contributed by atoms with Crippen molar-refractivity contribution in [1.82, 2.24) is 0 Å². The largest absolute Gasteiger partial charge is 0.213 e. The zero-order valence-corrected chi connectivity index (χ0v) is 21.6. The molecule has 1 saturated carbocycles. The summed E-state index contributed by atoms with van der Waals surface area (Å²) in [7, 11) is 0. The molecule has 2 heteroatoms. The lowest BCUT2D eigenvalue weighted by molar-refractivity contribution is -0.837. The maximum atomic E-state index is 4.45. The van der Waals surface area contributed by atoms with Gasteiger partial charge in [0.25, 0.3) is 0 Å². The highest BCUT2D eigenvalue weighted by Crippen LogP contribution is 2.64. The number of allylic oxidation sites excluding steroid dienone is 1. The third kappa shape index (κ3) is 2.67. The van der Waals surface area contributed by atoms with Gasteiger partial charge in [0.1, 0.15) is 11.8 Å². The Hall–Kier alpha value is -4.30. The van der Waals surface area contributed by atoms with Gasteiger partial charge in [-0.3, -0.25) is 0 Å². The van der Waals surface area contributed by atoms with Crippen molar-refractivity contribution in [2.24, 2.45) is 5.92 Å². The van der Waals surface area contributed by atoms with E-state index >= 15 is 0 Å². The van der Waals surface area contributed by atoms with E-state index in [0.717, 1.165) is 6.42 Å². The Morgan fingerprint density at radius 3 is 2.37 bits per heavy atom. The first-order chi connectivity index (χ1) is 18.7. The van der Waals surface area contributed by atoms with Crippen LogP contribution in [0.15, 0.2) is 128 Å². The van der Waals surface area contributed by atoms with Crippen molar-refractivity contribution in [3.8, 4) is 33.6 Å². The molecule has 0 saturated heterocycles. The summed E-state index contributed by atoms with van der Waals surface area (Å²) in [5.74, 6) is 0.625. The van der Waals surface area contributed by atoms with E-state index in [0.29, 0.717) is 12.0 Å². The lowest BCUT2D eigenvalue weighted by Crippen LogP contribution is -2.80. The maximum Gasteiger partial charge on any atom is 0.213 e. The third-order valence-electron chi connectivity index (χ3n) is 9.46. The second kappa shape index (κ2) is 7.85. The van der Waals surface area contributed by atoms with E-state index in [1.54, 1.807) is 0 Å². The van der Waals surface area contributed by atoms with Crippen molar-refractivity contribution >= 4 is 0 Å². The zero-order valence-electron chi connectivity index (χ0n) is 21.6. The molecule has 3 aromatic carbocycles. The fourth-order valence-corrected chi connectivity index (χ4v) is 7.94. The molecule has 0 radical (unpaired) electrons. The number of aromatic nitrogens is 2. The second-order valence-corrected chi connectivity index (χ2v) is 11.1. The summed E-state index contributed by atoms with van der Waals surface area (Å²) >= 11 is 0. The van der Waals surface area contributed by atoms with Crippen LogP contribution < -0.4 is 9.13 Å². The maximum absolute atomic E-state index is 4.45. The normalized spacial score (nSPS) is 23.8. The van der Waals surface area contributed by atoms with Crippen molar-refractivity contribution < 1.29 is 9.13 Å². The molecule has 1 fully saturated rings. The quantitative estimate of drug-likeness (QED) is 0.186. The smallest absolute Gasteiger partial charge is 0.194 e. The lowest BCUT2D eigenvalue weighted by Gasteiger charge is -2.56. The average molecular weight is 491 g/mol. The van der Waals surface area contributed by atoms with Crippen molar-refractivity contribution in [2.75, 3.05) is 0 Å². The summed E-state index contributed by atoms with van der Waals surface area (Å²) in [6.45, 7) is 6.71. The predicted octanol–water partition coefficient (Wildman–Crippen LogP) is 6.98. The highest BCUT2D eigenvalue weighted by atomic mass is 15.2. The first-order valence-electron chi connectivity index (χ1n) is 13.6. The van der Waals surface area contributed by atoms with Gasteiger partial charge in [0, 0.05) is 35.7 Å². The highest BCUT2D eigenvalue weighted by Gasteiger charge is 2.75. The van der Waals surface area contributed by atoms with Gasteiger partial charge in [-0.1, -0.05) is 72.8 Å². The molecule has 2 aliphatic heterocycles. The van der Waals surface area contributed by atoms with Crippen LogP contribution in [0.5, 0.6) is 0 Å². The van der Waals surface area contributed by atoms with Crippen molar-refractivity contribution in [3.63, 3.8) is 0 Å². The number of aryl methyl sites for hydroxylation is 1. The van der Waals surface area contributed by atoms with Crippen LogP contribution in [0.2, 0.25) is 0 Å². The standard InChI is InChI=1S/C36H30N2/c1-3-31-35-34(29-18-10-9-17-28(29)32-19-11-12-20-37(32)35)36(31)22-26-15-7-8-16-27(26)33-21-24(2)30(23-38(33)36)25-13-5-4-6-14-25/h3-21,23,31,34-35H,1,22H2,2H3/q+2. The number of benzene rings is 3. The van der Waals surface area contributed by atoms with Crippen LogP contribution in [0.1, 0.15) is 28.7 Å². The third-order valence-corrected chi connectivity index (χ3v) is 9.46. The number of rotatable bonds is 2. The topological polar surface area (TPSA) is 7.76 Å². The summed E-state index contributed by atoms with van der Waals surface area (Å²) in [5, 5.41) is 0. The van der Waals surface area contributed by atoms with E-state index in [2.05, 4.69) is 144 Å². The Bertz CT molecular complexity index is 1750. The van der Waals surface area contributed by atoms with Gasteiger partial charge < -0.3 is 0 Å². The molecule has 4 unspecified atom stereocenters. The second-order valence-electron chi connectivity index (χ2n) is 11.1. The van der Waals surface area contributed by atoms with E-state index in [1.807, 2.05) is 0 Å². The van der Waals surface area contributed by atoms with E-state index in [4.69, 9.17) is 0 Å². The Morgan fingerprint density at radius 2 is 1.53 bits per heavy atom. The van der Waals surface area contributed by atoms with Gasteiger partial charge in [-0.05, 0) is 47.4 Å². The van der Waals surface area contributed by atoms with Crippen LogP contribution >= 0.6 is 0 Å². The van der Waals surface area contributed by atoms with Crippen LogP contribution in [-0.2, 0) is 12.0 Å². The molecule has 4 heterocycles. The fraction of sp³-hybridized carbons (Fsp3) is 0.167. The molecule has 0 N–H and O–H groups in total. The van der Waals surface area contributed by atoms with Crippen molar-refractivity contribution in [1.29, 1.82) is 0 Å². The molecule has 0 bridgehead atoms. The van der Waals surface area contributed by atoms with Crippen LogP contribution in [0.4, 0.5) is 0 Å². The molecule has 1 spiro atoms. The molecule has 5 aromatic rings. The molecular weight excluding hydrogens is 460 g/mol. The van der Waals surface area contributed by atoms with Gasteiger partial charge in [-0.15, -0.1) is 6.58 Å². The van der Waals surface area contributed by atoms with E-state index in [-0.39, 0.29) is 11.5 Å². The molecule has 3 aliphatic rings. The molecule has 182 valence electrons. The number of hydrogen-bond donors (Lipinski definition) is 0. The van der Waals surface area contributed by atoms with Gasteiger partial charge in [0.2, 0.25) is 11.4 Å². The predicted molar refractivity (Wildman–Crippen MR) is 151 cm³/mol. The molecule has 2 aromatic heterocycles. The fourth-order valence-electron chi connectivity index (χ4n) is 7.94. The Kier molecular flexibility index (Phi) is 4.49. The first kappa shape index (κ1) is 21.8. The summed E-state index contributed by atoms with van der Waals surface area (Å²) in [5.41, 5.74) is 12.0. The van der Waals surface area contributed by atoms with E-state index in [1.165, 1.54) is 50.3 Å². The monoisotopic (exact) mass is 490 g/mol. The summed E-state index contributed by atoms with van der Waals surface area (Å²) in [6, 6.07) is 38.3. The minimum absolute atomic E-state index is 0.135.